The molecule has 1 heterocycles. The van der Waals surface area contributed by atoms with Crippen molar-refractivity contribution in [3.63, 3.8) is 0 Å². The summed E-state index contributed by atoms with van der Waals surface area (Å²) < 4.78 is 10.5. The highest BCUT2D eigenvalue weighted by Crippen LogP contribution is 2.24. The standard InChI is InChI=1S/C16H21NO3/c1-11-7-13(8-12(2)16(11)19-3)9-17-10-14(18)15-5-4-6-20-15/h4-8,14,17-18H,9-10H2,1-3H3. The van der Waals surface area contributed by atoms with Crippen LogP contribution in [-0.2, 0) is 6.54 Å². The molecule has 0 aliphatic heterocycles. The van der Waals surface area contributed by atoms with E-state index in [2.05, 4.69) is 17.4 Å². The zero-order chi connectivity index (χ0) is 14.5. The Morgan fingerprint density at radius 2 is 2.00 bits per heavy atom. The molecule has 0 fully saturated rings. The molecule has 0 aliphatic carbocycles. The summed E-state index contributed by atoms with van der Waals surface area (Å²) in [6, 6.07) is 7.74. The van der Waals surface area contributed by atoms with Gasteiger partial charge in [-0.25, -0.2) is 0 Å². The normalized spacial score (nSPS) is 12.4. The summed E-state index contributed by atoms with van der Waals surface area (Å²) in [4.78, 5) is 0. The first-order valence-corrected chi connectivity index (χ1v) is 6.68. The predicted octanol–water partition coefficient (Wildman–Crippen LogP) is 2.73. The van der Waals surface area contributed by atoms with Crippen LogP contribution in [0.15, 0.2) is 34.9 Å². The van der Waals surface area contributed by atoms with E-state index >= 15 is 0 Å². The van der Waals surface area contributed by atoms with Gasteiger partial charge >= 0.3 is 0 Å². The Hall–Kier alpha value is -1.78. The van der Waals surface area contributed by atoms with Crippen LogP contribution in [0.3, 0.4) is 0 Å². The predicted molar refractivity (Wildman–Crippen MR) is 77.8 cm³/mol. The zero-order valence-corrected chi connectivity index (χ0v) is 12.1. The highest BCUT2D eigenvalue weighted by atomic mass is 16.5. The lowest BCUT2D eigenvalue weighted by Crippen LogP contribution is -2.20. The summed E-state index contributed by atoms with van der Waals surface area (Å²) in [5, 5.41) is 13.1. The summed E-state index contributed by atoms with van der Waals surface area (Å²) in [5.74, 6) is 1.52. The number of furan rings is 1. The molecule has 1 unspecified atom stereocenters. The van der Waals surface area contributed by atoms with E-state index in [1.54, 1.807) is 25.5 Å². The minimum atomic E-state index is -0.620. The first kappa shape index (κ1) is 14.6. The smallest absolute Gasteiger partial charge is 0.133 e. The van der Waals surface area contributed by atoms with E-state index in [9.17, 15) is 5.11 Å². The van der Waals surface area contributed by atoms with Gasteiger partial charge in [-0.2, -0.15) is 0 Å². The molecule has 1 aromatic carbocycles. The summed E-state index contributed by atoms with van der Waals surface area (Å²) in [6.45, 7) is 5.22. The van der Waals surface area contributed by atoms with E-state index in [4.69, 9.17) is 9.15 Å². The van der Waals surface area contributed by atoms with Gasteiger partial charge in [0.15, 0.2) is 0 Å². The van der Waals surface area contributed by atoms with Crippen LogP contribution in [0.4, 0.5) is 0 Å². The van der Waals surface area contributed by atoms with Gasteiger partial charge in [0.25, 0.3) is 0 Å². The molecular formula is C16H21NO3. The summed E-state index contributed by atoms with van der Waals surface area (Å²) in [5.41, 5.74) is 3.42. The van der Waals surface area contributed by atoms with Crippen LogP contribution in [0.2, 0.25) is 0 Å². The maximum atomic E-state index is 9.90. The number of hydrogen-bond acceptors (Lipinski definition) is 4. The van der Waals surface area contributed by atoms with Crippen molar-refractivity contribution in [3.8, 4) is 5.75 Å². The molecule has 0 saturated carbocycles. The number of aryl methyl sites for hydroxylation is 2. The van der Waals surface area contributed by atoms with E-state index in [1.807, 2.05) is 13.8 Å². The molecule has 0 spiro atoms. The van der Waals surface area contributed by atoms with E-state index in [0.717, 1.165) is 16.9 Å². The Kier molecular flexibility index (Phi) is 4.82. The molecule has 1 aromatic heterocycles. The van der Waals surface area contributed by atoms with Gasteiger partial charge in [-0.3, -0.25) is 0 Å². The van der Waals surface area contributed by atoms with Crippen molar-refractivity contribution in [2.75, 3.05) is 13.7 Å². The topological polar surface area (TPSA) is 54.6 Å². The van der Waals surface area contributed by atoms with Crippen molar-refractivity contribution >= 4 is 0 Å². The summed E-state index contributed by atoms with van der Waals surface area (Å²) in [6.07, 6.45) is 0.944. The monoisotopic (exact) mass is 275 g/mol. The Morgan fingerprint density at radius 1 is 1.30 bits per heavy atom. The third kappa shape index (κ3) is 3.40. The third-order valence-electron chi connectivity index (χ3n) is 3.26. The van der Waals surface area contributed by atoms with E-state index in [-0.39, 0.29) is 0 Å². The average Bonchev–Trinajstić information content (AvgIpc) is 2.92. The number of ether oxygens (including phenoxy) is 1. The molecule has 0 bridgehead atoms. The van der Waals surface area contributed by atoms with Crippen LogP contribution >= 0.6 is 0 Å². The fourth-order valence-corrected chi connectivity index (χ4v) is 2.40. The second kappa shape index (κ2) is 6.59. The third-order valence-corrected chi connectivity index (χ3v) is 3.26. The number of aliphatic hydroxyl groups excluding tert-OH is 1. The van der Waals surface area contributed by atoms with Crippen molar-refractivity contribution < 1.29 is 14.3 Å². The molecule has 0 saturated heterocycles. The van der Waals surface area contributed by atoms with E-state index in [1.165, 1.54) is 5.56 Å². The molecule has 0 radical (unpaired) electrons. The van der Waals surface area contributed by atoms with Gasteiger partial charge in [0.1, 0.15) is 17.6 Å². The van der Waals surface area contributed by atoms with Gasteiger partial charge in [0.05, 0.1) is 13.4 Å². The fourth-order valence-electron chi connectivity index (χ4n) is 2.40. The van der Waals surface area contributed by atoms with Crippen molar-refractivity contribution in [1.29, 1.82) is 0 Å². The molecule has 1 atom stereocenters. The first-order chi connectivity index (χ1) is 9.61. The lowest BCUT2D eigenvalue weighted by atomic mass is 10.1. The SMILES string of the molecule is COc1c(C)cc(CNCC(O)c2ccco2)cc1C. The lowest BCUT2D eigenvalue weighted by Gasteiger charge is -2.13. The van der Waals surface area contributed by atoms with Gasteiger partial charge < -0.3 is 19.6 Å². The Labute approximate surface area is 119 Å². The lowest BCUT2D eigenvalue weighted by molar-refractivity contribution is 0.147. The van der Waals surface area contributed by atoms with Crippen molar-refractivity contribution in [3.05, 3.63) is 53.0 Å². The van der Waals surface area contributed by atoms with Crippen LogP contribution in [0, 0.1) is 13.8 Å². The number of benzene rings is 1. The Bertz CT molecular complexity index is 526. The summed E-state index contributed by atoms with van der Waals surface area (Å²) in [7, 11) is 1.69. The molecule has 2 N–H and O–H groups in total. The van der Waals surface area contributed by atoms with Gasteiger partial charge in [-0.05, 0) is 42.7 Å². The van der Waals surface area contributed by atoms with Gasteiger partial charge in [-0.1, -0.05) is 12.1 Å². The number of hydrogen-bond donors (Lipinski definition) is 2. The maximum absolute atomic E-state index is 9.90. The largest absolute Gasteiger partial charge is 0.496 e. The molecule has 0 aliphatic rings. The Morgan fingerprint density at radius 3 is 2.55 bits per heavy atom. The second-order valence-electron chi connectivity index (χ2n) is 4.92. The fraction of sp³-hybridized carbons (Fsp3) is 0.375. The number of methoxy groups -OCH3 is 1. The Balaban J connectivity index is 1.91. The van der Waals surface area contributed by atoms with E-state index < -0.39 is 6.10 Å². The van der Waals surface area contributed by atoms with Crippen LogP contribution < -0.4 is 10.1 Å². The molecular weight excluding hydrogens is 254 g/mol. The van der Waals surface area contributed by atoms with Crippen molar-refractivity contribution in [1.82, 2.24) is 5.32 Å². The minimum absolute atomic E-state index is 0.456. The highest BCUT2D eigenvalue weighted by molar-refractivity contribution is 5.43. The molecule has 4 heteroatoms. The van der Waals surface area contributed by atoms with E-state index in [0.29, 0.717) is 18.8 Å². The maximum Gasteiger partial charge on any atom is 0.133 e. The van der Waals surface area contributed by atoms with Crippen LogP contribution in [0.25, 0.3) is 0 Å². The van der Waals surface area contributed by atoms with Crippen molar-refractivity contribution in [2.24, 2.45) is 0 Å². The van der Waals surface area contributed by atoms with Crippen molar-refractivity contribution in [2.45, 2.75) is 26.5 Å². The van der Waals surface area contributed by atoms with Crippen LogP contribution in [0.5, 0.6) is 5.75 Å². The molecule has 20 heavy (non-hydrogen) atoms. The molecule has 2 rings (SSSR count). The van der Waals surface area contributed by atoms with Gasteiger partial charge in [0, 0.05) is 13.1 Å². The average molecular weight is 275 g/mol. The zero-order valence-electron chi connectivity index (χ0n) is 12.1. The van der Waals surface area contributed by atoms with Crippen LogP contribution in [-0.4, -0.2) is 18.8 Å². The van der Waals surface area contributed by atoms with Gasteiger partial charge in [-0.15, -0.1) is 0 Å². The molecule has 4 nitrogen and oxygen atoms in total. The quantitative estimate of drug-likeness (QED) is 0.851. The molecule has 108 valence electrons. The second-order valence-corrected chi connectivity index (χ2v) is 4.92. The summed E-state index contributed by atoms with van der Waals surface area (Å²) >= 11 is 0. The highest BCUT2D eigenvalue weighted by Gasteiger charge is 2.10. The number of nitrogens with one attached hydrogen (secondary N) is 1. The van der Waals surface area contributed by atoms with Gasteiger partial charge in [0.2, 0.25) is 0 Å². The first-order valence-electron chi connectivity index (χ1n) is 6.68. The minimum Gasteiger partial charge on any atom is -0.496 e. The number of aliphatic hydroxyl groups is 1. The van der Waals surface area contributed by atoms with Crippen LogP contribution in [0.1, 0.15) is 28.6 Å². The molecule has 0 amide bonds. The molecule has 2 aromatic rings. The number of rotatable bonds is 6.